The molecule has 2 amide bonds. The summed E-state index contributed by atoms with van der Waals surface area (Å²) in [4.78, 5) is 29.7. The van der Waals surface area contributed by atoms with Gasteiger partial charge in [0, 0.05) is 27.1 Å². The molecule has 0 atom stereocenters. The van der Waals surface area contributed by atoms with E-state index in [9.17, 15) is 18.4 Å². The lowest BCUT2D eigenvalue weighted by atomic mass is 10.2. The maximum Gasteiger partial charge on any atom is 0.255 e. The monoisotopic (exact) mass is 481 g/mol. The molecule has 4 aromatic rings. The van der Waals surface area contributed by atoms with Crippen LogP contribution in [0.2, 0.25) is 0 Å². The van der Waals surface area contributed by atoms with E-state index >= 15 is 0 Å². The molecule has 2 N–H and O–H groups in total. The molecule has 9 heteroatoms. The van der Waals surface area contributed by atoms with E-state index in [-0.39, 0.29) is 23.4 Å². The molecule has 1 aromatic heterocycles. The minimum atomic E-state index is -0.403. The number of halogens is 2. The topological polar surface area (TPSA) is 71.1 Å². The van der Waals surface area contributed by atoms with E-state index in [1.54, 1.807) is 41.8 Å². The molecule has 0 aliphatic rings. The van der Waals surface area contributed by atoms with Crippen LogP contribution in [0.25, 0.3) is 11.3 Å². The Hall–Kier alpha value is -3.56. The normalized spacial score (nSPS) is 10.6. The first-order valence-electron chi connectivity index (χ1n) is 9.77. The molecule has 0 fully saturated rings. The zero-order valence-electron chi connectivity index (χ0n) is 17.0. The summed E-state index contributed by atoms with van der Waals surface area (Å²) >= 11 is 2.64. The van der Waals surface area contributed by atoms with Gasteiger partial charge in [0.1, 0.15) is 11.6 Å². The predicted molar refractivity (Wildman–Crippen MR) is 128 cm³/mol. The summed E-state index contributed by atoms with van der Waals surface area (Å²) < 4.78 is 26.0. The van der Waals surface area contributed by atoms with Gasteiger partial charge in [-0.15, -0.1) is 23.1 Å². The van der Waals surface area contributed by atoms with Gasteiger partial charge in [-0.3, -0.25) is 9.59 Å². The molecule has 0 radical (unpaired) electrons. The van der Waals surface area contributed by atoms with Gasteiger partial charge in [-0.25, -0.2) is 13.8 Å². The number of thioether (sulfide) groups is 1. The summed E-state index contributed by atoms with van der Waals surface area (Å²) in [5, 5.41) is 7.78. The number of nitrogens with zero attached hydrogens (tertiary/aromatic N) is 1. The number of hydrogen-bond acceptors (Lipinski definition) is 5. The quantitative estimate of drug-likeness (QED) is 0.314. The number of carbonyl (C=O) groups is 2. The molecule has 5 nitrogen and oxygen atoms in total. The van der Waals surface area contributed by atoms with Crippen molar-refractivity contribution in [2.45, 2.75) is 4.90 Å². The third-order valence-corrected chi connectivity index (χ3v) is 6.25. The van der Waals surface area contributed by atoms with Crippen LogP contribution in [0.5, 0.6) is 0 Å². The average Bonchev–Trinajstić information content (AvgIpc) is 3.28. The fourth-order valence-corrected chi connectivity index (χ4v) is 4.26. The number of benzene rings is 3. The highest BCUT2D eigenvalue weighted by atomic mass is 32.2. The van der Waals surface area contributed by atoms with Crippen molar-refractivity contribution in [3.8, 4) is 11.3 Å². The minimum Gasteiger partial charge on any atom is -0.322 e. The Balaban J connectivity index is 1.27. The van der Waals surface area contributed by atoms with Crippen molar-refractivity contribution in [3.05, 3.63) is 95.4 Å². The highest BCUT2D eigenvalue weighted by Crippen LogP contribution is 2.26. The number of thiazole rings is 1. The van der Waals surface area contributed by atoms with E-state index < -0.39 is 5.82 Å². The maximum atomic E-state index is 13.1. The Bertz CT molecular complexity index is 1260. The summed E-state index contributed by atoms with van der Waals surface area (Å²) in [5.74, 6) is -1.07. The number of amides is 2. The molecular formula is C24H17F2N3O2S2. The number of hydrogen-bond donors (Lipinski definition) is 2. The van der Waals surface area contributed by atoms with Gasteiger partial charge >= 0.3 is 0 Å². The predicted octanol–water partition coefficient (Wildman–Crippen LogP) is 6.07. The fraction of sp³-hybridized carbons (Fsp3) is 0.0417. The van der Waals surface area contributed by atoms with Crippen LogP contribution in [0.4, 0.5) is 19.6 Å². The number of anilines is 2. The lowest BCUT2D eigenvalue weighted by Gasteiger charge is -2.07. The third kappa shape index (κ3) is 6.24. The molecule has 1 heterocycles. The van der Waals surface area contributed by atoms with E-state index in [0.29, 0.717) is 22.1 Å². The lowest BCUT2D eigenvalue weighted by Crippen LogP contribution is -2.13. The number of nitrogens with one attached hydrogen (secondary N) is 2. The van der Waals surface area contributed by atoms with E-state index in [1.807, 2.05) is 0 Å². The van der Waals surface area contributed by atoms with Crippen LogP contribution >= 0.6 is 23.1 Å². The molecule has 0 spiro atoms. The Morgan fingerprint density at radius 3 is 2.15 bits per heavy atom. The van der Waals surface area contributed by atoms with Crippen molar-refractivity contribution >= 4 is 45.7 Å². The third-order valence-electron chi connectivity index (χ3n) is 4.48. The Morgan fingerprint density at radius 2 is 1.48 bits per heavy atom. The number of aromatic nitrogens is 1. The van der Waals surface area contributed by atoms with Crippen molar-refractivity contribution in [2.24, 2.45) is 0 Å². The average molecular weight is 482 g/mol. The lowest BCUT2D eigenvalue weighted by molar-refractivity contribution is -0.113. The summed E-state index contributed by atoms with van der Waals surface area (Å²) in [6, 6.07) is 18.4. The minimum absolute atomic E-state index is 0.187. The first-order valence-corrected chi connectivity index (χ1v) is 11.6. The standard InChI is InChI=1S/C24H17F2N3O2S2/c25-17-5-1-15(2-6-17)21-13-33-24(28-21)29-22(30)14-32-20-11-9-19(10-12-20)27-23(31)16-3-7-18(26)8-4-16/h1-13H,14H2,(H,27,31)(H,28,29,30). The molecule has 0 saturated heterocycles. The summed E-state index contributed by atoms with van der Waals surface area (Å²) in [5.41, 5.74) is 2.39. The first kappa shape index (κ1) is 22.6. The Morgan fingerprint density at radius 1 is 0.848 bits per heavy atom. The molecule has 0 bridgehead atoms. The van der Waals surface area contributed by atoms with Crippen molar-refractivity contribution in [2.75, 3.05) is 16.4 Å². The number of rotatable bonds is 7. The van der Waals surface area contributed by atoms with Crippen molar-refractivity contribution in [1.82, 2.24) is 4.98 Å². The van der Waals surface area contributed by atoms with Gasteiger partial charge in [0.2, 0.25) is 5.91 Å². The molecule has 3 aromatic carbocycles. The van der Waals surface area contributed by atoms with Crippen molar-refractivity contribution < 1.29 is 18.4 Å². The van der Waals surface area contributed by atoms with Gasteiger partial charge < -0.3 is 10.6 Å². The van der Waals surface area contributed by atoms with Crippen LogP contribution in [0.3, 0.4) is 0 Å². The van der Waals surface area contributed by atoms with Crippen LogP contribution in [0.1, 0.15) is 10.4 Å². The molecular weight excluding hydrogens is 464 g/mol. The largest absolute Gasteiger partial charge is 0.322 e. The molecule has 4 rings (SSSR count). The summed E-state index contributed by atoms with van der Waals surface area (Å²) in [6.07, 6.45) is 0. The molecule has 33 heavy (non-hydrogen) atoms. The van der Waals surface area contributed by atoms with Gasteiger partial charge in [-0.05, 0) is 72.8 Å². The molecule has 166 valence electrons. The van der Waals surface area contributed by atoms with E-state index in [0.717, 1.165) is 10.5 Å². The first-order chi connectivity index (χ1) is 16.0. The smallest absolute Gasteiger partial charge is 0.255 e. The van der Waals surface area contributed by atoms with Gasteiger partial charge in [-0.1, -0.05) is 0 Å². The Labute approximate surface area is 196 Å². The highest BCUT2D eigenvalue weighted by Gasteiger charge is 2.10. The van der Waals surface area contributed by atoms with Crippen LogP contribution in [-0.2, 0) is 4.79 Å². The van der Waals surface area contributed by atoms with E-state index in [1.165, 1.54) is 59.5 Å². The number of carbonyl (C=O) groups excluding carboxylic acids is 2. The van der Waals surface area contributed by atoms with Gasteiger partial charge in [0.15, 0.2) is 5.13 Å². The van der Waals surface area contributed by atoms with Gasteiger partial charge in [-0.2, -0.15) is 0 Å². The second-order valence-corrected chi connectivity index (χ2v) is 8.77. The van der Waals surface area contributed by atoms with Crippen LogP contribution < -0.4 is 10.6 Å². The second-order valence-electron chi connectivity index (χ2n) is 6.87. The molecule has 0 aliphatic carbocycles. The molecule has 0 aliphatic heterocycles. The fourth-order valence-electron chi connectivity index (χ4n) is 2.83. The van der Waals surface area contributed by atoms with Crippen LogP contribution in [-0.4, -0.2) is 22.6 Å². The van der Waals surface area contributed by atoms with Gasteiger partial charge in [0.25, 0.3) is 5.91 Å². The van der Waals surface area contributed by atoms with Gasteiger partial charge in [0.05, 0.1) is 11.4 Å². The summed E-state index contributed by atoms with van der Waals surface area (Å²) in [7, 11) is 0. The van der Waals surface area contributed by atoms with Crippen molar-refractivity contribution in [3.63, 3.8) is 0 Å². The van der Waals surface area contributed by atoms with Crippen molar-refractivity contribution in [1.29, 1.82) is 0 Å². The highest BCUT2D eigenvalue weighted by molar-refractivity contribution is 8.00. The molecule has 0 saturated carbocycles. The Kier molecular flexibility index (Phi) is 7.11. The molecule has 0 unspecified atom stereocenters. The maximum absolute atomic E-state index is 13.1. The second kappa shape index (κ2) is 10.4. The van der Waals surface area contributed by atoms with Crippen LogP contribution in [0, 0.1) is 11.6 Å². The zero-order chi connectivity index (χ0) is 23.2. The summed E-state index contributed by atoms with van der Waals surface area (Å²) in [6.45, 7) is 0. The van der Waals surface area contributed by atoms with Crippen LogP contribution in [0.15, 0.2) is 83.1 Å². The zero-order valence-corrected chi connectivity index (χ0v) is 18.7. The SMILES string of the molecule is O=C(CSc1ccc(NC(=O)c2ccc(F)cc2)cc1)Nc1nc(-c2ccc(F)cc2)cs1. The van der Waals surface area contributed by atoms with E-state index in [4.69, 9.17) is 0 Å². The van der Waals surface area contributed by atoms with E-state index in [2.05, 4.69) is 15.6 Å².